The molecule has 7 nitrogen and oxygen atoms in total. The minimum atomic E-state index is -0.284. The Bertz CT molecular complexity index is 2840. The van der Waals surface area contributed by atoms with Crippen LogP contribution in [0.15, 0.2) is 179 Å². The second kappa shape index (κ2) is 44.4. The van der Waals surface area contributed by atoms with Crippen molar-refractivity contribution in [2.24, 2.45) is 0 Å². The van der Waals surface area contributed by atoms with E-state index in [1.807, 2.05) is 129 Å². The van der Waals surface area contributed by atoms with Gasteiger partial charge in [-0.25, -0.2) is 9.59 Å². The number of ether oxygens (including phenoxy) is 3. The first-order valence-electron chi connectivity index (χ1n) is 25.1. The first-order valence-corrected chi connectivity index (χ1v) is 25.1. The number of carbonyl (C=O) groups excluding carboxylic acids is 2. The largest absolute Gasteiger partial charge is 0.497 e. The fourth-order valence-corrected chi connectivity index (χ4v) is 7.09. The van der Waals surface area contributed by atoms with Crippen LogP contribution in [0.25, 0.3) is 35.1 Å². The lowest BCUT2D eigenvalue weighted by molar-refractivity contribution is -0.142. The van der Waals surface area contributed by atoms with Crippen LogP contribution in [-0.2, 0) is 9.53 Å². The molecule has 4 unspecified atom stereocenters. The van der Waals surface area contributed by atoms with Crippen molar-refractivity contribution in [1.29, 1.82) is 0 Å². The van der Waals surface area contributed by atoms with Gasteiger partial charge in [0.2, 0.25) is 0 Å². The van der Waals surface area contributed by atoms with Gasteiger partial charge in [-0.05, 0) is 132 Å². The summed E-state index contributed by atoms with van der Waals surface area (Å²) in [4.78, 5) is 34.8. The van der Waals surface area contributed by atoms with Crippen LogP contribution in [0.4, 0.5) is 0 Å². The number of rotatable bonds is 17. The second-order valence-electron chi connectivity index (χ2n) is 17.7. The predicted molar refractivity (Wildman–Crippen MR) is 355 cm³/mol. The summed E-state index contributed by atoms with van der Waals surface area (Å²) in [5.41, 5.74) is 8.58. The Balaban J connectivity index is -0.000000306. The molecule has 440 valence electrons. The number of hydrogen-bond acceptors (Lipinski definition) is 7. The summed E-state index contributed by atoms with van der Waals surface area (Å²) >= 11 is 0. The van der Waals surface area contributed by atoms with Crippen molar-refractivity contribution >= 4 is 46.8 Å². The van der Waals surface area contributed by atoms with E-state index >= 15 is 0 Å². The fraction of sp³-hybridized carbons (Fsp3) is 0.356. The average molecular weight is 1100 g/mol. The van der Waals surface area contributed by atoms with Gasteiger partial charge in [0.1, 0.15) is 11.5 Å². The van der Waals surface area contributed by atoms with Crippen LogP contribution in [0.5, 0.6) is 11.5 Å². The molecule has 7 rings (SSSR count). The fourth-order valence-electron chi connectivity index (χ4n) is 7.09. The zero-order valence-corrected chi connectivity index (χ0v) is 44.0. The number of benzene rings is 6. The molecule has 0 aliphatic rings. The lowest BCUT2D eigenvalue weighted by Crippen LogP contribution is -2.11. The minimum absolute atomic E-state index is 0. The summed E-state index contributed by atoms with van der Waals surface area (Å²) in [5.74, 6) is 3.06. The number of methoxy groups -OCH3 is 2. The molecule has 0 aliphatic heterocycles. The van der Waals surface area contributed by atoms with Gasteiger partial charge < -0.3 is 18.6 Å². The van der Waals surface area contributed by atoms with Gasteiger partial charge in [-0.1, -0.05) is 247 Å². The first-order chi connectivity index (χ1) is 34.8. The van der Waals surface area contributed by atoms with Gasteiger partial charge in [-0.2, -0.15) is 0 Å². The van der Waals surface area contributed by atoms with Crippen LogP contribution in [0.2, 0.25) is 0 Å². The number of hydrogen-bond donors (Lipinski definition) is 0. The first kappa shape index (κ1) is 81.3. The van der Waals surface area contributed by atoms with Gasteiger partial charge in [0, 0.05) is 17.2 Å². The number of allylic oxidation sites excluding steroid dienone is 1. The maximum absolute atomic E-state index is 12.1. The molecule has 0 N–H and O–H groups in total. The van der Waals surface area contributed by atoms with E-state index in [1.54, 1.807) is 26.4 Å². The van der Waals surface area contributed by atoms with E-state index in [4.69, 9.17) is 18.6 Å². The zero-order valence-electron chi connectivity index (χ0n) is 44.0. The third kappa shape index (κ3) is 27.4. The van der Waals surface area contributed by atoms with Crippen molar-refractivity contribution in [3.8, 4) is 11.5 Å². The smallest absolute Gasteiger partial charge is 0.343 e. The Morgan fingerprint density at radius 3 is 1.45 bits per heavy atom. The van der Waals surface area contributed by atoms with Gasteiger partial charge in [0.25, 0.3) is 0 Å². The summed E-state index contributed by atoms with van der Waals surface area (Å²) in [7, 11) is 3.35. The Hall–Kier alpha value is -7.51. The van der Waals surface area contributed by atoms with Crippen LogP contribution in [-0.4, -0.2) is 32.1 Å². The lowest BCUT2D eigenvalue weighted by atomic mass is 9.97. The molecule has 1 heterocycles. The van der Waals surface area contributed by atoms with Crippen LogP contribution < -0.4 is 15.1 Å². The van der Waals surface area contributed by atoms with Crippen molar-refractivity contribution in [2.75, 3.05) is 14.2 Å². The van der Waals surface area contributed by atoms with Crippen LogP contribution >= 0.6 is 0 Å². The van der Waals surface area contributed by atoms with E-state index in [0.717, 1.165) is 64.8 Å². The molecule has 0 saturated carbocycles. The Labute approximate surface area is 487 Å². The molecule has 0 radical (unpaired) electrons. The van der Waals surface area contributed by atoms with Crippen molar-refractivity contribution in [3.05, 3.63) is 225 Å². The molecule has 6 aromatic carbocycles. The Morgan fingerprint density at radius 2 is 0.963 bits per heavy atom. The molecule has 0 fully saturated rings. The molecule has 80 heavy (non-hydrogen) atoms. The van der Waals surface area contributed by atoms with Crippen molar-refractivity contribution < 1.29 is 28.2 Å². The lowest BCUT2D eigenvalue weighted by Gasteiger charge is -2.09. The third-order valence-corrected chi connectivity index (χ3v) is 12.6. The summed E-state index contributed by atoms with van der Waals surface area (Å²) < 4.78 is 20.6. The normalized spacial score (nSPS) is 11.3. The monoisotopic (exact) mass is 1090 g/mol. The van der Waals surface area contributed by atoms with Crippen molar-refractivity contribution in [2.45, 2.75) is 164 Å². The van der Waals surface area contributed by atoms with E-state index in [9.17, 15) is 14.4 Å². The summed E-state index contributed by atoms with van der Waals surface area (Å²) in [6.07, 6.45) is 16.5. The molecule has 1 aromatic heterocycles. The SMILES string of the molecule is C.C.C.C.C.C.C.C.CCC(C)OC(=O)C=Cc1ccccc1.CCC(C)c1ccc(C(=O)C=Cc2ccccc2)cc1.CCC(C)c1ccc(C=Cc2cc(OC)ccc2OC)cc1.CCC(C)c1ccc2ccoc(=O)c2c1. The highest BCUT2D eigenvalue weighted by molar-refractivity contribution is 6.06. The van der Waals surface area contributed by atoms with E-state index in [1.165, 1.54) is 34.6 Å². The second-order valence-corrected chi connectivity index (χ2v) is 17.7. The molecular formula is C73H106O7. The van der Waals surface area contributed by atoms with Gasteiger partial charge in [-0.15, -0.1) is 0 Å². The molecular weight excluding hydrogens is 989 g/mol. The molecule has 0 aliphatic carbocycles. The summed E-state index contributed by atoms with van der Waals surface area (Å²) in [6.45, 7) is 17.0. The maximum Gasteiger partial charge on any atom is 0.343 e. The van der Waals surface area contributed by atoms with Crippen molar-refractivity contribution in [3.63, 3.8) is 0 Å². The molecule has 4 atom stereocenters. The Morgan fingerprint density at radius 1 is 0.487 bits per heavy atom. The topological polar surface area (TPSA) is 92.0 Å². The molecule has 0 amide bonds. The quantitative estimate of drug-likeness (QED) is 0.0388. The highest BCUT2D eigenvalue weighted by Gasteiger charge is 2.08. The molecule has 0 spiro atoms. The van der Waals surface area contributed by atoms with Crippen LogP contribution in [0.3, 0.4) is 0 Å². The number of esters is 1. The van der Waals surface area contributed by atoms with E-state index < -0.39 is 0 Å². The summed E-state index contributed by atoms with van der Waals surface area (Å²) in [6, 6.07) is 49.8. The standard InChI is InChI=1S/C20H24O2.C19H20O.C13H14O2.C13H16O2.8CH4/c1-5-15(2)17-9-6-16(7-10-17)8-11-18-14-19(21-3)12-13-20(18)22-4;1-3-15(2)17-10-12-18(13-11-17)19(20)14-9-16-7-5-4-6-8-16;1-3-9(2)11-5-4-10-6-7-15-13(14)12(10)8-11;1-3-11(2)15-13(14)10-9-12-7-5-4-6-8-12;;;;;;;;/h6-15H,5H2,1-4H3;4-15H,3H2,1-2H3;4-9H,3H2,1-2H3;4-11H,3H2,1-2H3;8*1H4. The number of carbonyl (C=O) groups is 2. The average Bonchev–Trinajstić information content (AvgIpc) is 3.43. The molecule has 0 saturated heterocycles. The van der Waals surface area contributed by atoms with E-state index in [2.05, 4.69) is 96.2 Å². The van der Waals surface area contributed by atoms with Gasteiger partial charge >= 0.3 is 11.6 Å². The Kier molecular flexibility index (Phi) is 45.1. The number of ketones is 1. The molecule has 7 aromatic rings. The highest BCUT2D eigenvalue weighted by atomic mass is 16.5. The van der Waals surface area contributed by atoms with Gasteiger partial charge in [0.05, 0.1) is 32.0 Å². The maximum atomic E-state index is 12.1. The van der Waals surface area contributed by atoms with Crippen molar-refractivity contribution in [1.82, 2.24) is 0 Å². The van der Waals surface area contributed by atoms with Crippen LogP contribution in [0.1, 0.15) is 208 Å². The minimum Gasteiger partial charge on any atom is -0.497 e. The van der Waals surface area contributed by atoms with E-state index in [-0.39, 0.29) is 82.9 Å². The van der Waals surface area contributed by atoms with Gasteiger partial charge in [0.15, 0.2) is 5.78 Å². The predicted octanol–water partition coefficient (Wildman–Crippen LogP) is 21.9. The highest BCUT2D eigenvalue weighted by Crippen LogP contribution is 2.27. The van der Waals surface area contributed by atoms with Crippen LogP contribution in [0, 0.1) is 0 Å². The molecule has 0 bridgehead atoms. The number of fused-ring (bicyclic) bond motifs is 1. The van der Waals surface area contributed by atoms with Gasteiger partial charge in [-0.3, -0.25) is 4.79 Å². The third-order valence-electron chi connectivity index (χ3n) is 12.6. The zero-order chi connectivity index (χ0) is 52.3. The van der Waals surface area contributed by atoms with E-state index in [0.29, 0.717) is 23.1 Å². The molecule has 7 heteroatoms. The summed E-state index contributed by atoms with van der Waals surface area (Å²) in [5, 5.41) is 1.62.